The van der Waals surface area contributed by atoms with Crippen molar-refractivity contribution in [3.8, 4) is 5.75 Å². The first kappa shape index (κ1) is 10.6. The second kappa shape index (κ2) is 4.04. The molecule has 4 nitrogen and oxygen atoms in total. The molecule has 0 amide bonds. The fourth-order valence-electron chi connectivity index (χ4n) is 2.48. The highest BCUT2D eigenvalue weighted by atomic mass is 16.5. The number of hydrogen-bond acceptors (Lipinski definition) is 4. The molecular formula is C13H15NO3. The maximum Gasteiger partial charge on any atom is 0.338 e. The highest BCUT2D eigenvalue weighted by Crippen LogP contribution is 2.38. The van der Waals surface area contributed by atoms with Crippen molar-refractivity contribution in [1.29, 1.82) is 0 Å². The van der Waals surface area contributed by atoms with E-state index < -0.39 is 0 Å². The van der Waals surface area contributed by atoms with E-state index in [0.717, 1.165) is 24.3 Å². The van der Waals surface area contributed by atoms with E-state index in [1.54, 1.807) is 19.1 Å². The van der Waals surface area contributed by atoms with E-state index in [-0.39, 0.29) is 12.1 Å². The molecule has 0 radical (unpaired) electrons. The Bertz CT molecular complexity index is 458. The van der Waals surface area contributed by atoms with Crippen molar-refractivity contribution in [1.82, 2.24) is 5.32 Å². The lowest BCUT2D eigenvalue weighted by molar-refractivity contribution is 0.0525. The zero-order valence-corrected chi connectivity index (χ0v) is 9.73. The van der Waals surface area contributed by atoms with Crippen LogP contribution < -0.4 is 10.1 Å². The second-order valence-corrected chi connectivity index (χ2v) is 4.41. The summed E-state index contributed by atoms with van der Waals surface area (Å²) in [7, 11) is 0. The van der Waals surface area contributed by atoms with Crippen LogP contribution in [0.25, 0.3) is 0 Å². The number of carbonyl (C=O) groups is 1. The number of benzene rings is 1. The van der Waals surface area contributed by atoms with Gasteiger partial charge in [-0.2, -0.15) is 0 Å². The summed E-state index contributed by atoms with van der Waals surface area (Å²) >= 11 is 0. The van der Waals surface area contributed by atoms with Crippen LogP contribution in [0.1, 0.15) is 35.3 Å². The van der Waals surface area contributed by atoms with E-state index >= 15 is 0 Å². The predicted molar refractivity (Wildman–Crippen MR) is 62.2 cm³/mol. The SMILES string of the molecule is CCOC(=O)c1ccc2c(c1)O[C@H]1CN[C@@H]2C1. The van der Waals surface area contributed by atoms with E-state index in [1.165, 1.54) is 0 Å². The van der Waals surface area contributed by atoms with E-state index in [1.807, 2.05) is 6.07 Å². The van der Waals surface area contributed by atoms with Gasteiger partial charge in [0.05, 0.1) is 12.2 Å². The first-order chi connectivity index (χ1) is 8.28. The highest BCUT2D eigenvalue weighted by molar-refractivity contribution is 5.90. The molecule has 1 aromatic rings. The Labute approximate surface area is 99.9 Å². The lowest BCUT2D eigenvalue weighted by Crippen LogP contribution is -2.20. The average molecular weight is 233 g/mol. The number of rotatable bonds is 2. The molecule has 2 atom stereocenters. The summed E-state index contributed by atoms with van der Waals surface area (Å²) in [5.41, 5.74) is 1.71. The molecule has 90 valence electrons. The van der Waals surface area contributed by atoms with Crippen LogP contribution >= 0.6 is 0 Å². The molecule has 0 aliphatic carbocycles. The second-order valence-electron chi connectivity index (χ2n) is 4.41. The summed E-state index contributed by atoms with van der Waals surface area (Å²) < 4.78 is 10.8. The maximum absolute atomic E-state index is 11.6. The van der Waals surface area contributed by atoms with Gasteiger partial charge in [-0.3, -0.25) is 0 Å². The van der Waals surface area contributed by atoms with Crippen molar-refractivity contribution in [2.45, 2.75) is 25.5 Å². The number of carbonyl (C=O) groups excluding carboxylic acids is 1. The predicted octanol–water partition coefficient (Wildman–Crippen LogP) is 1.66. The van der Waals surface area contributed by atoms with Crippen LogP contribution in [0.3, 0.4) is 0 Å². The van der Waals surface area contributed by atoms with E-state index in [9.17, 15) is 4.79 Å². The summed E-state index contributed by atoms with van der Waals surface area (Å²) in [6.45, 7) is 3.08. The Hall–Kier alpha value is -1.55. The smallest absolute Gasteiger partial charge is 0.338 e. The van der Waals surface area contributed by atoms with Gasteiger partial charge in [-0.15, -0.1) is 0 Å². The van der Waals surface area contributed by atoms with Gasteiger partial charge in [0.15, 0.2) is 0 Å². The molecule has 2 bridgehead atoms. The maximum atomic E-state index is 11.6. The normalized spacial score (nSPS) is 25.0. The summed E-state index contributed by atoms with van der Waals surface area (Å²) in [6, 6.07) is 5.93. The first-order valence-corrected chi connectivity index (χ1v) is 5.99. The van der Waals surface area contributed by atoms with E-state index in [4.69, 9.17) is 9.47 Å². The van der Waals surface area contributed by atoms with Crippen LogP contribution in [0, 0.1) is 0 Å². The third kappa shape index (κ3) is 1.78. The van der Waals surface area contributed by atoms with E-state index in [2.05, 4.69) is 5.32 Å². The Morgan fingerprint density at radius 3 is 3.29 bits per heavy atom. The zero-order chi connectivity index (χ0) is 11.8. The van der Waals surface area contributed by atoms with Gasteiger partial charge < -0.3 is 14.8 Å². The molecule has 3 rings (SSSR count). The first-order valence-electron chi connectivity index (χ1n) is 5.99. The van der Waals surface area contributed by atoms with Gasteiger partial charge in [-0.05, 0) is 19.1 Å². The van der Waals surface area contributed by atoms with Gasteiger partial charge in [0, 0.05) is 24.6 Å². The zero-order valence-electron chi connectivity index (χ0n) is 9.73. The van der Waals surface area contributed by atoms with Crippen LogP contribution in [0.2, 0.25) is 0 Å². The number of ether oxygens (including phenoxy) is 2. The van der Waals surface area contributed by atoms with Gasteiger partial charge >= 0.3 is 5.97 Å². The minimum Gasteiger partial charge on any atom is -0.489 e. The van der Waals surface area contributed by atoms with Crippen LogP contribution in [-0.4, -0.2) is 25.2 Å². The molecule has 0 unspecified atom stereocenters. The molecule has 1 aromatic carbocycles. The van der Waals surface area contributed by atoms with Crippen LogP contribution in [0.5, 0.6) is 5.75 Å². The number of esters is 1. The van der Waals surface area contributed by atoms with E-state index in [0.29, 0.717) is 18.2 Å². The fourth-order valence-corrected chi connectivity index (χ4v) is 2.48. The Morgan fingerprint density at radius 1 is 1.59 bits per heavy atom. The van der Waals surface area contributed by atoms with Gasteiger partial charge in [-0.1, -0.05) is 6.07 Å². The summed E-state index contributed by atoms with van der Waals surface area (Å²) in [5, 5.41) is 3.41. The number of fused-ring (bicyclic) bond motifs is 4. The molecule has 1 saturated heterocycles. The van der Waals surface area contributed by atoms with Crippen molar-refractivity contribution in [3.05, 3.63) is 29.3 Å². The minimum atomic E-state index is -0.287. The van der Waals surface area contributed by atoms with Crippen molar-refractivity contribution < 1.29 is 14.3 Å². The van der Waals surface area contributed by atoms with Crippen molar-refractivity contribution in [2.24, 2.45) is 0 Å². The lowest BCUT2D eigenvalue weighted by Gasteiger charge is -2.23. The Morgan fingerprint density at radius 2 is 2.47 bits per heavy atom. The topological polar surface area (TPSA) is 47.6 Å². The van der Waals surface area contributed by atoms with Crippen LogP contribution in [0.15, 0.2) is 18.2 Å². The largest absolute Gasteiger partial charge is 0.489 e. The quantitative estimate of drug-likeness (QED) is 0.789. The van der Waals surface area contributed by atoms with Gasteiger partial charge in [-0.25, -0.2) is 4.79 Å². The standard InChI is InChI=1S/C13H15NO3/c1-2-16-13(15)8-3-4-10-11-6-9(7-14-11)17-12(10)5-8/h3-5,9,11,14H,2,6-7H2,1H3/t9-,11-/m1/s1. The van der Waals surface area contributed by atoms with Gasteiger partial charge in [0.2, 0.25) is 0 Å². The molecule has 0 aromatic heterocycles. The number of nitrogens with one attached hydrogen (secondary N) is 1. The Balaban J connectivity index is 1.92. The fraction of sp³-hybridized carbons (Fsp3) is 0.462. The molecule has 2 aliphatic heterocycles. The van der Waals surface area contributed by atoms with Crippen molar-refractivity contribution >= 4 is 5.97 Å². The molecule has 0 spiro atoms. The van der Waals surface area contributed by atoms with Gasteiger partial charge in [0.1, 0.15) is 11.9 Å². The number of hydrogen-bond donors (Lipinski definition) is 1. The van der Waals surface area contributed by atoms with Crippen molar-refractivity contribution in [2.75, 3.05) is 13.2 Å². The van der Waals surface area contributed by atoms with Crippen molar-refractivity contribution in [3.63, 3.8) is 0 Å². The summed E-state index contributed by atoms with van der Waals surface area (Å²) in [6.07, 6.45) is 1.26. The van der Waals surface area contributed by atoms with Crippen LogP contribution in [0.4, 0.5) is 0 Å². The summed E-state index contributed by atoms with van der Waals surface area (Å²) in [5.74, 6) is 0.534. The average Bonchev–Trinajstić information content (AvgIpc) is 2.72. The summed E-state index contributed by atoms with van der Waals surface area (Å²) in [4.78, 5) is 11.6. The Kier molecular flexibility index (Phi) is 2.52. The molecule has 0 saturated carbocycles. The molecule has 2 aliphatic rings. The molecule has 17 heavy (non-hydrogen) atoms. The monoisotopic (exact) mass is 233 g/mol. The molecular weight excluding hydrogens is 218 g/mol. The lowest BCUT2D eigenvalue weighted by atomic mass is 9.99. The highest BCUT2D eigenvalue weighted by Gasteiger charge is 2.34. The molecule has 2 heterocycles. The molecule has 1 N–H and O–H groups in total. The third-order valence-electron chi connectivity index (χ3n) is 3.28. The van der Waals surface area contributed by atoms with Crippen LogP contribution in [-0.2, 0) is 4.74 Å². The minimum absolute atomic E-state index is 0.241. The molecule has 4 heteroatoms. The third-order valence-corrected chi connectivity index (χ3v) is 3.28. The molecule has 1 fully saturated rings. The van der Waals surface area contributed by atoms with Gasteiger partial charge in [0.25, 0.3) is 0 Å².